The maximum atomic E-state index is 11.7. The van der Waals surface area contributed by atoms with E-state index in [9.17, 15) is 16.8 Å². The van der Waals surface area contributed by atoms with Crippen LogP contribution in [-0.4, -0.2) is 33.6 Å². The van der Waals surface area contributed by atoms with Gasteiger partial charge in [0.25, 0.3) is 0 Å². The average Bonchev–Trinajstić information content (AvgIpc) is 2.63. The Morgan fingerprint density at radius 3 is 2.39 bits per heavy atom. The molecule has 0 spiro atoms. The van der Waals surface area contributed by atoms with Crippen LogP contribution in [0.5, 0.6) is 0 Å². The Morgan fingerprint density at radius 1 is 1.17 bits per heavy atom. The first kappa shape index (κ1) is 15.6. The van der Waals surface area contributed by atoms with Gasteiger partial charge in [-0.1, -0.05) is 0 Å². The van der Waals surface area contributed by atoms with Gasteiger partial charge in [0.2, 0.25) is 19.9 Å². The first-order valence-electron chi connectivity index (χ1n) is 5.17. The van der Waals surface area contributed by atoms with E-state index in [4.69, 9.17) is 10.2 Å². The van der Waals surface area contributed by atoms with Crippen LogP contribution in [0, 0.1) is 0 Å². The molecule has 0 aliphatic heterocycles. The van der Waals surface area contributed by atoms with Crippen molar-refractivity contribution in [3.63, 3.8) is 0 Å². The monoisotopic (exact) mass is 313 g/mol. The molecule has 0 atom stereocenters. The van der Waals surface area contributed by atoms with E-state index in [-0.39, 0.29) is 10.8 Å². The summed E-state index contributed by atoms with van der Waals surface area (Å²) in [5.41, 5.74) is 0. The van der Waals surface area contributed by atoms with Gasteiger partial charge < -0.3 is 5.11 Å². The standard InChI is InChI=1S/C9H15NO5S3/c10-18(14,15)7-17(12,13)9-5-4-8(16-9)3-1-2-6-11/h4-5,11H,1-3,6-7H2,(H2,10,14,15). The lowest BCUT2D eigenvalue weighted by molar-refractivity contribution is 0.285. The van der Waals surface area contributed by atoms with E-state index < -0.39 is 24.9 Å². The van der Waals surface area contributed by atoms with Gasteiger partial charge in [-0.3, -0.25) is 0 Å². The lowest BCUT2D eigenvalue weighted by Crippen LogP contribution is -2.22. The highest BCUT2D eigenvalue weighted by atomic mass is 32.3. The number of sulfonamides is 1. The smallest absolute Gasteiger partial charge is 0.223 e. The number of aliphatic hydroxyl groups excluding tert-OH is 1. The molecule has 0 saturated carbocycles. The summed E-state index contributed by atoms with van der Waals surface area (Å²) in [7, 11) is -7.93. The van der Waals surface area contributed by atoms with Crippen LogP contribution < -0.4 is 5.14 Å². The maximum Gasteiger partial charge on any atom is 0.223 e. The van der Waals surface area contributed by atoms with E-state index in [1.807, 2.05) is 0 Å². The van der Waals surface area contributed by atoms with Crippen LogP contribution in [0.25, 0.3) is 0 Å². The topological polar surface area (TPSA) is 115 Å². The van der Waals surface area contributed by atoms with Crippen molar-refractivity contribution >= 4 is 31.2 Å². The third kappa shape index (κ3) is 5.02. The highest BCUT2D eigenvalue weighted by Gasteiger charge is 2.23. The molecule has 0 bridgehead atoms. The Hall–Kier alpha value is -0.480. The summed E-state index contributed by atoms with van der Waals surface area (Å²) >= 11 is 1.04. The molecule has 6 nitrogen and oxygen atoms in total. The van der Waals surface area contributed by atoms with Gasteiger partial charge in [0.15, 0.2) is 5.08 Å². The molecule has 0 unspecified atom stereocenters. The molecule has 9 heteroatoms. The second-order valence-corrected chi connectivity index (χ2v) is 9.16. The Kier molecular flexibility index (Phi) is 5.29. The third-order valence-electron chi connectivity index (χ3n) is 2.09. The summed E-state index contributed by atoms with van der Waals surface area (Å²) < 4.78 is 45.0. The summed E-state index contributed by atoms with van der Waals surface area (Å²) in [6.45, 7) is 0.0992. The second-order valence-electron chi connectivity index (χ2n) is 3.80. The van der Waals surface area contributed by atoms with Gasteiger partial charge in [-0.2, -0.15) is 0 Å². The third-order valence-corrected chi connectivity index (χ3v) is 7.35. The van der Waals surface area contributed by atoms with Crippen LogP contribution >= 0.6 is 11.3 Å². The minimum atomic E-state index is -4.06. The molecule has 0 fully saturated rings. The minimum Gasteiger partial charge on any atom is -0.396 e. The lowest BCUT2D eigenvalue weighted by atomic mass is 10.2. The zero-order valence-corrected chi connectivity index (χ0v) is 12.0. The van der Waals surface area contributed by atoms with E-state index in [0.29, 0.717) is 12.8 Å². The molecule has 3 N–H and O–H groups in total. The van der Waals surface area contributed by atoms with E-state index >= 15 is 0 Å². The van der Waals surface area contributed by atoms with Crippen LogP contribution in [0.15, 0.2) is 16.3 Å². The van der Waals surface area contributed by atoms with Gasteiger partial charge in [-0.15, -0.1) is 11.3 Å². The normalized spacial score (nSPS) is 12.8. The van der Waals surface area contributed by atoms with Crippen molar-refractivity contribution < 1.29 is 21.9 Å². The Bertz CT molecular complexity index is 587. The van der Waals surface area contributed by atoms with Gasteiger partial charge in [0, 0.05) is 11.5 Å². The summed E-state index contributed by atoms with van der Waals surface area (Å²) in [5.74, 6) is 0. The number of aryl methyl sites for hydroxylation is 1. The predicted molar refractivity (Wildman–Crippen MR) is 69.5 cm³/mol. The Balaban J connectivity index is 2.79. The number of aliphatic hydroxyl groups is 1. The molecular formula is C9H15NO5S3. The molecule has 1 aromatic rings. The number of rotatable bonds is 7. The van der Waals surface area contributed by atoms with Crippen molar-refractivity contribution in [2.75, 3.05) is 11.7 Å². The molecule has 0 amide bonds. The molecule has 0 aromatic carbocycles. The Labute approximate surface area is 110 Å². The van der Waals surface area contributed by atoms with Gasteiger partial charge in [0.1, 0.15) is 4.21 Å². The van der Waals surface area contributed by atoms with Crippen LogP contribution in [0.1, 0.15) is 17.7 Å². The molecule has 0 aliphatic rings. The van der Waals surface area contributed by atoms with Crippen molar-refractivity contribution in [2.45, 2.75) is 23.5 Å². The highest BCUT2D eigenvalue weighted by Crippen LogP contribution is 2.24. The molecule has 18 heavy (non-hydrogen) atoms. The number of primary sulfonamides is 1. The maximum absolute atomic E-state index is 11.7. The molecule has 104 valence electrons. The predicted octanol–water partition coefficient (Wildman–Crippen LogP) is 0.0828. The fraction of sp³-hybridized carbons (Fsp3) is 0.556. The Morgan fingerprint density at radius 2 is 1.83 bits per heavy atom. The number of unbranched alkanes of at least 4 members (excludes halogenated alkanes) is 1. The van der Waals surface area contributed by atoms with Gasteiger partial charge in [0.05, 0.1) is 0 Å². The molecule has 0 radical (unpaired) electrons. The van der Waals surface area contributed by atoms with Crippen molar-refractivity contribution in [3.8, 4) is 0 Å². The van der Waals surface area contributed by atoms with Gasteiger partial charge in [-0.25, -0.2) is 22.0 Å². The van der Waals surface area contributed by atoms with Crippen molar-refractivity contribution in [1.82, 2.24) is 0 Å². The number of thiophene rings is 1. The molecule has 1 heterocycles. The summed E-state index contributed by atoms with van der Waals surface area (Å²) in [6.07, 6.45) is 2.07. The van der Waals surface area contributed by atoms with Crippen LogP contribution in [0.3, 0.4) is 0 Å². The van der Waals surface area contributed by atoms with E-state index in [1.165, 1.54) is 6.07 Å². The van der Waals surface area contributed by atoms with Crippen molar-refractivity contribution in [3.05, 3.63) is 17.0 Å². The fourth-order valence-corrected chi connectivity index (χ4v) is 5.85. The molecule has 1 rings (SSSR count). The van der Waals surface area contributed by atoms with E-state index in [0.717, 1.165) is 22.6 Å². The zero-order valence-electron chi connectivity index (χ0n) is 9.57. The van der Waals surface area contributed by atoms with Crippen LogP contribution in [-0.2, 0) is 26.3 Å². The van der Waals surface area contributed by atoms with Crippen LogP contribution in [0.2, 0.25) is 0 Å². The number of hydrogen-bond acceptors (Lipinski definition) is 6. The second kappa shape index (κ2) is 6.11. The van der Waals surface area contributed by atoms with Crippen molar-refractivity contribution in [1.29, 1.82) is 0 Å². The molecule has 0 saturated heterocycles. The van der Waals surface area contributed by atoms with Crippen LogP contribution in [0.4, 0.5) is 0 Å². The van der Waals surface area contributed by atoms with E-state index in [2.05, 4.69) is 0 Å². The molecular weight excluding hydrogens is 298 g/mol. The van der Waals surface area contributed by atoms with E-state index in [1.54, 1.807) is 6.07 Å². The average molecular weight is 313 g/mol. The van der Waals surface area contributed by atoms with Gasteiger partial charge in [-0.05, 0) is 31.4 Å². The van der Waals surface area contributed by atoms with Gasteiger partial charge >= 0.3 is 0 Å². The first-order chi connectivity index (χ1) is 8.24. The zero-order chi connectivity index (χ0) is 13.8. The quantitative estimate of drug-likeness (QED) is 0.692. The number of hydrogen-bond donors (Lipinski definition) is 2. The summed E-state index contributed by atoms with van der Waals surface area (Å²) in [5, 5.41) is 12.3. The van der Waals surface area contributed by atoms with Crippen molar-refractivity contribution in [2.24, 2.45) is 5.14 Å². The summed E-state index contributed by atoms with van der Waals surface area (Å²) in [4.78, 5) is 0.844. The fourth-order valence-electron chi connectivity index (χ4n) is 1.35. The summed E-state index contributed by atoms with van der Waals surface area (Å²) in [6, 6.07) is 3.04. The lowest BCUT2D eigenvalue weighted by Gasteiger charge is -1.99. The minimum absolute atomic E-state index is 0.00974. The first-order valence-corrected chi connectivity index (χ1v) is 9.36. The molecule has 1 aromatic heterocycles. The SMILES string of the molecule is NS(=O)(=O)CS(=O)(=O)c1ccc(CCCCO)s1. The largest absolute Gasteiger partial charge is 0.396 e. The highest BCUT2D eigenvalue weighted by molar-refractivity contribution is 8.07. The number of nitrogens with two attached hydrogens (primary N) is 1. The molecule has 0 aliphatic carbocycles. The number of sulfone groups is 1.